The molecule has 0 spiro atoms. The molecule has 0 aromatic heterocycles. The van der Waals surface area contributed by atoms with Crippen LogP contribution in [0, 0.1) is 0 Å². The molecule has 2 heterocycles. The van der Waals surface area contributed by atoms with Gasteiger partial charge in [0.2, 0.25) is 0 Å². The Morgan fingerprint density at radius 1 is 1.45 bits per heavy atom. The second kappa shape index (κ2) is 2.76. The van der Waals surface area contributed by atoms with Gasteiger partial charge in [-0.05, 0) is 32.9 Å². The fourth-order valence-electron chi connectivity index (χ4n) is 2.74. The molecule has 1 N–H and O–H groups in total. The maximum atomic E-state index is 3.56. The molecule has 0 aromatic rings. The third-order valence-electron chi connectivity index (χ3n) is 3.35. The molecule has 11 heavy (non-hydrogen) atoms. The largest absolute Gasteiger partial charge is 0.313 e. The van der Waals surface area contributed by atoms with Crippen molar-refractivity contribution in [1.29, 1.82) is 0 Å². The van der Waals surface area contributed by atoms with Gasteiger partial charge in [-0.15, -0.1) is 0 Å². The van der Waals surface area contributed by atoms with Crippen LogP contribution < -0.4 is 5.32 Å². The summed E-state index contributed by atoms with van der Waals surface area (Å²) in [7, 11) is 2.28. The zero-order chi connectivity index (χ0) is 7.84. The van der Waals surface area contributed by atoms with E-state index in [4.69, 9.17) is 0 Å². The van der Waals surface area contributed by atoms with E-state index in [1.165, 1.54) is 19.3 Å². The average Bonchev–Trinajstić information content (AvgIpc) is 2.47. The Kier molecular flexibility index (Phi) is 1.90. The molecule has 0 aliphatic carbocycles. The standard InChI is InChI=1S/C9H18N2/c1-3-10-8-6-7-4-5-9(8)11(7)2/h7-10H,3-6H2,1-2H3/t7-,8+,9?/m0/s1. The first-order chi connectivity index (χ1) is 5.33. The Labute approximate surface area is 69.0 Å². The Morgan fingerprint density at radius 3 is 2.73 bits per heavy atom. The Balaban J connectivity index is 1.97. The summed E-state index contributed by atoms with van der Waals surface area (Å²) in [6.45, 7) is 3.33. The molecule has 2 heteroatoms. The normalized spacial score (nSPS) is 43.6. The first-order valence-electron chi connectivity index (χ1n) is 4.78. The molecule has 2 rings (SSSR count). The highest BCUT2D eigenvalue weighted by molar-refractivity contribution is 5.02. The summed E-state index contributed by atoms with van der Waals surface area (Å²) in [5.74, 6) is 0. The van der Waals surface area contributed by atoms with Crippen LogP contribution in [0.1, 0.15) is 26.2 Å². The molecule has 2 saturated heterocycles. The molecule has 2 nitrogen and oxygen atoms in total. The number of hydrogen-bond donors (Lipinski definition) is 1. The minimum Gasteiger partial charge on any atom is -0.313 e. The van der Waals surface area contributed by atoms with Crippen molar-refractivity contribution in [2.24, 2.45) is 0 Å². The molecular formula is C9H18N2. The van der Waals surface area contributed by atoms with E-state index in [1.54, 1.807) is 0 Å². The summed E-state index contributed by atoms with van der Waals surface area (Å²) in [6.07, 6.45) is 4.23. The molecule has 2 aliphatic rings. The monoisotopic (exact) mass is 154 g/mol. The number of nitrogens with one attached hydrogen (secondary N) is 1. The summed E-state index contributed by atoms with van der Waals surface area (Å²) >= 11 is 0. The van der Waals surface area contributed by atoms with E-state index in [2.05, 4.69) is 24.2 Å². The number of nitrogens with zero attached hydrogens (tertiary/aromatic N) is 1. The van der Waals surface area contributed by atoms with E-state index in [1.807, 2.05) is 0 Å². The highest BCUT2D eigenvalue weighted by atomic mass is 15.2. The summed E-state index contributed by atoms with van der Waals surface area (Å²) < 4.78 is 0. The van der Waals surface area contributed by atoms with Gasteiger partial charge in [0, 0.05) is 18.1 Å². The van der Waals surface area contributed by atoms with Crippen LogP contribution in [-0.4, -0.2) is 36.6 Å². The lowest BCUT2D eigenvalue weighted by molar-refractivity contribution is 0.298. The van der Waals surface area contributed by atoms with E-state index < -0.39 is 0 Å². The third-order valence-corrected chi connectivity index (χ3v) is 3.35. The highest BCUT2D eigenvalue weighted by Gasteiger charge is 2.43. The second-order valence-electron chi connectivity index (χ2n) is 3.86. The number of rotatable bonds is 2. The van der Waals surface area contributed by atoms with Crippen molar-refractivity contribution in [2.75, 3.05) is 13.6 Å². The topological polar surface area (TPSA) is 15.3 Å². The zero-order valence-corrected chi connectivity index (χ0v) is 7.51. The summed E-state index contributed by atoms with van der Waals surface area (Å²) in [5.41, 5.74) is 0. The minimum atomic E-state index is 0.795. The molecule has 0 aromatic carbocycles. The van der Waals surface area contributed by atoms with Crippen LogP contribution in [0.4, 0.5) is 0 Å². The van der Waals surface area contributed by atoms with Gasteiger partial charge in [-0.1, -0.05) is 6.92 Å². The van der Waals surface area contributed by atoms with Crippen molar-refractivity contribution in [2.45, 2.75) is 44.3 Å². The predicted octanol–water partition coefficient (Wildman–Crippen LogP) is 0.831. The third kappa shape index (κ3) is 1.09. The molecule has 1 unspecified atom stereocenters. The van der Waals surface area contributed by atoms with Crippen LogP contribution in [-0.2, 0) is 0 Å². The van der Waals surface area contributed by atoms with Crippen LogP contribution in [0.25, 0.3) is 0 Å². The first kappa shape index (κ1) is 7.56. The van der Waals surface area contributed by atoms with E-state index in [-0.39, 0.29) is 0 Å². The predicted molar refractivity (Wildman–Crippen MR) is 46.7 cm³/mol. The first-order valence-corrected chi connectivity index (χ1v) is 4.78. The Morgan fingerprint density at radius 2 is 2.27 bits per heavy atom. The zero-order valence-electron chi connectivity index (χ0n) is 7.51. The molecule has 0 saturated carbocycles. The van der Waals surface area contributed by atoms with Gasteiger partial charge in [-0.3, -0.25) is 4.90 Å². The van der Waals surface area contributed by atoms with E-state index in [0.717, 1.165) is 24.7 Å². The van der Waals surface area contributed by atoms with E-state index in [0.29, 0.717) is 0 Å². The fraction of sp³-hybridized carbons (Fsp3) is 1.00. The van der Waals surface area contributed by atoms with Gasteiger partial charge in [0.05, 0.1) is 0 Å². The van der Waals surface area contributed by atoms with Crippen LogP contribution >= 0.6 is 0 Å². The van der Waals surface area contributed by atoms with Crippen molar-refractivity contribution >= 4 is 0 Å². The van der Waals surface area contributed by atoms with Gasteiger partial charge < -0.3 is 5.32 Å². The van der Waals surface area contributed by atoms with Crippen molar-refractivity contribution in [3.8, 4) is 0 Å². The number of likely N-dealkylation sites (N-methyl/N-ethyl adjacent to an activating group) is 2. The molecule has 2 bridgehead atoms. The quantitative estimate of drug-likeness (QED) is 0.634. The summed E-state index contributed by atoms with van der Waals surface area (Å²) in [5, 5.41) is 3.56. The van der Waals surface area contributed by atoms with Gasteiger partial charge in [-0.2, -0.15) is 0 Å². The molecule has 0 amide bonds. The Hall–Kier alpha value is -0.0800. The summed E-state index contributed by atoms with van der Waals surface area (Å²) in [6, 6.07) is 2.53. The maximum absolute atomic E-state index is 3.56. The molecule has 2 aliphatic heterocycles. The van der Waals surface area contributed by atoms with Gasteiger partial charge in [-0.25, -0.2) is 0 Å². The lowest BCUT2D eigenvalue weighted by Gasteiger charge is -2.21. The van der Waals surface area contributed by atoms with Crippen molar-refractivity contribution < 1.29 is 0 Å². The van der Waals surface area contributed by atoms with Crippen LogP contribution in [0.3, 0.4) is 0 Å². The van der Waals surface area contributed by atoms with Gasteiger partial charge in [0.15, 0.2) is 0 Å². The fourth-order valence-corrected chi connectivity index (χ4v) is 2.74. The van der Waals surface area contributed by atoms with Gasteiger partial charge in [0.25, 0.3) is 0 Å². The second-order valence-corrected chi connectivity index (χ2v) is 3.86. The SMILES string of the molecule is CCN[C@@H]1C[C@@H]2CCC1N2C. The molecule has 0 radical (unpaired) electrons. The molecule has 2 fully saturated rings. The Bertz CT molecular complexity index is 146. The number of hydrogen-bond acceptors (Lipinski definition) is 2. The lowest BCUT2D eigenvalue weighted by atomic mass is 9.96. The highest BCUT2D eigenvalue weighted by Crippen LogP contribution is 2.35. The lowest BCUT2D eigenvalue weighted by Crippen LogP contribution is -2.39. The minimum absolute atomic E-state index is 0.795. The average molecular weight is 154 g/mol. The van der Waals surface area contributed by atoms with Crippen LogP contribution in [0.5, 0.6) is 0 Å². The van der Waals surface area contributed by atoms with Gasteiger partial charge in [0.1, 0.15) is 0 Å². The smallest absolute Gasteiger partial charge is 0.0250 e. The van der Waals surface area contributed by atoms with E-state index in [9.17, 15) is 0 Å². The van der Waals surface area contributed by atoms with Gasteiger partial charge >= 0.3 is 0 Å². The van der Waals surface area contributed by atoms with E-state index >= 15 is 0 Å². The van der Waals surface area contributed by atoms with Crippen molar-refractivity contribution in [3.05, 3.63) is 0 Å². The van der Waals surface area contributed by atoms with Crippen LogP contribution in [0.2, 0.25) is 0 Å². The molecule has 64 valence electrons. The maximum Gasteiger partial charge on any atom is 0.0250 e. The number of fused-ring (bicyclic) bond motifs is 2. The van der Waals surface area contributed by atoms with Crippen molar-refractivity contribution in [1.82, 2.24) is 10.2 Å². The molecule has 3 atom stereocenters. The summed E-state index contributed by atoms with van der Waals surface area (Å²) in [4.78, 5) is 2.56. The van der Waals surface area contributed by atoms with Crippen molar-refractivity contribution in [3.63, 3.8) is 0 Å². The van der Waals surface area contributed by atoms with Crippen LogP contribution in [0.15, 0.2) is 0 Å². The molecular weight excluding hydrogens is 136 g/mol.